The van der Waals surface area contributed by atoms with Crippen molar-refractivity contribution in [2.24, 2.45) is 0 Å². The Morgan fingerprint density at radius 1 is 0.735 bits per heavy atom. The van der Waals surface area contributed by atoms with Crippen LogP contribution >= 0.6 is 0 Å². The molecule has 0 saturated heterocycles. The van der Waals surface area contributed by atoms with Gasteiger partial charge in [-0.25, -0.2) is 13.2 Å². The second-order valence-electron chi connectivity index (χ2n) is 10.4. The summed E-state index contributed by atoms with van der Waals surface area (Å²) in [6, 6.07) is 11.7. The summed E-state index contributed by atoms with van der Waals surface area (Å²) in [6.45, 7) is -2.03. The summed E-state index contributed by atoms with van der Waals surface area (Å²) < 4.78 is 186. The predicted molar refractivity (Wildman–Crippen MR) is 146 cm³/mol. The molecule has 0 radical (unpaired) electrons. The Kier molecular flexibility index (Phi) is 10.4. The third-order valence-corrected chi connectivity index (χ3v) is 6.86. The summed E-state index contributed by atoms with van der Waals surface area (Å²) in [6.07, 6.45) is -20.5. The van der Waals surface area contributed by atoms with E-state index in [2.05, 4.69) is 14.8 Å². The van der Waals surface area contributed by atoms with Gasteiger partial charge >= 0.3 is 24.9 Å². The first-order valence-electron chi connectivity index (χ1n) is 13.6. The van der Waals surface area contributed by atoms with Crippen molar-refractivity contribution < 1.29 is 71.3 Å². The van der Waals surface area contributed by atoms with E-state index in [1.165, 1.54) is 30.3 Å². The molecule has 49 heavy (non-hydrogen) atoms. The van der Waals surface area contributed by atoms with Gasteiger partial charge in [0.2, 0.25) is 0 Å². The minimum Gasteiger partial charge on any atom is -0.481 e. The second kappa shape index (κ2) is 13.9. The van der Waals surface area contributed by atoms with E-state index in [9.17, 15) is 57.5 Å². The molecule has 0 heterocycles. The lowest BCUT2D eigenvalue weighted by molar-refractivity contribution is -0.253. The Morgan fingerprint density at radius 3 is 2.00 bits per heavy atom. The zero-order valence-corrected chi connectivity index (χ0v) is 24.2. The van der Waals surface area contributed by atoms with Crippen LogP contribution in [0.5, 0.6) is 11.5 Å². The Labute approximate surface area is 268 Å². The van der Waals surface area contributed by atoms with Crippen LogP contribution in [-0.4, -0.2) is 31.2 Å². The number of nitrogens with one attached hydrogen (secondary N) is 1. The summed E-state index contributed by atoms with van der Waals surface area (Å²) in [4.78, 5) is 13.7. The minimum atomic E-state index is -5.30. The first-order valence-corrected chi connectivity index (χ1v) is 13.6. The Hall–Kier alpha value is -4.96. The zero-order chi connectivity index (χ0) is 36.4. The van der Waals surface area contributed by atoms with Gasteiger partial charge in [-0.3, -0.25) is 4.79 Å². The number of carbonyl (C=O) groups excluding carboxylic acids is 1. The van der Waals surface area contributed by atoms with E-state index in [0.717, 1.165) is 6.07 Å². The average Bonchev–Trinajstić information content (AvgIpc) is 2.99. The largest absolute Gasteiger partial charge is 0.481 e. The van der Waals surface area contributed by atoms with Gasteiger partial charge in [-0.15, -0.1) is 0 Å². The maximum atomic E-state index is 15.1. The van der Waals surface area contributed by atoms with Crippen molar-refractivity contribution >= 4 is 5.91 Å². The summed E-state index contributed by atoms with van der Waals surface area (Å²) in [7, 11) is 0. The van der Waals surface area contributed by atoms with Gasteiger partial charge in [0.25, 0.3) is 5.91 Å². The highest BCUT2D eigenvalue weighted by molar-refractivity contribution is 5.95. The topological polar surface area (TPSA) is 47.6 Å². The predicted octanol–water partition coefficient (Wildman–Crippen LogP) is 9.22. The van der Waals surface area contributed by atoms with Crippen LogP contribution in [0.25, 0.3) is 0 Å². The van der Waals surface area contributed by atoms with E-state index in [4.69, 9.17) is 0 Å². The first-order chi connectivity index (χ1) is 22.7. The highest BCUT2D eigenvalue weighted by Gasteiger charge is 2.45. The molecule has 1 amide bonds. The number of hydrogen-bond donors (Lipinski definition) is 1. The van der Waals surface area contributed by atoms with Crippen molar-refractivity contribution in [2.45, 2.75) is 36.8 Å². The fraction of sp³-hybridized carbons (Fsp3) is 0.219. The average molecular weight is 713 g/mol. The standard InChI is InChI=1S/C32H20F13NO3/c33-21-11-20(12-22(14-21)49-32(44,45)28(36)37)29(15-17-4-2-1-3-5-17,19-7-9-25(35)26(13-19)48-16-30(38,39)40)46-27(47)18-6-8-24(34)23(10-18)31(41,42)43/h1-14,28H,15-16H2,(H,46,47)/t29-/m1/s1. The van der Waals surface area contributed by atoms with Gasteiger partial charge in [-0.05, 0) is 59.2 Å². The number of alkyl halides is 10. The molecule has 0 saturated carbocycles. The molecule has 0 aromatic heterocycles. The molecular weight excluding hydrogens is 693 g/mol. The van der Waals surface area contributed by atoms with E-state index < -0.39 is 101 Å². The molecule has 0 aliphatic heterocycles. The molecule has 4 nitrogen and oxygen atoms in total. The second-order valence-corrected chi connectivity index (χ2v) is 10.4. The van der Waals surface area contributed by atoms with E-state index in [-0.39, 0.29) is 17.7 Å². The molecule has 4 aromatic rings. The van der Waals surface area contributed by atoms with Crippen LogP contribution in [0.15, 0.2) is 84.9 Å². The summed E-state index contributed by atoms with van der Waals surface area (Å²) in [5.41, 5.74) is -6.11. The maximum absolute atomic E-state index is 15.1. The number of hydrogen-bond acceptors (Lipinski definition) is 3. The van der Waals surface area contributed by atoms with Gasteiger partial charge in [-0.2, -0.15) is 43.9 Å². The van der Waals surface area contributed by atoms with Crippen LogP contribution in [0.4, 0.5) is 57.1 Å². The molecule has 1 atom stereocenters. The number of carbonyl (C=O) groups is 1. The highest BCUT2D eigenvalue weighted by Crippen LogP contribution is 2.40. The van der Waals surface area contributed by atoms with Gasteiger partial charge < -0.3 is 14.8 Å². The molecule has 0 aliphatic rings. The molecule has 0 spiro atoms. The SMILES string of the molecule is O=C(N[C@@](Cc1ccccc1)(c1cc(F)cc(OC(F)(F)C(F)F)c1)c1ccc(F)c(OCC(F)(F)F)c1)c1ccc(F)c(C(F)(F)F)c1. The minimum absolute atomic E-state index is 0.115. The molecule has 17 heteroatoms. The van der Waals surface area contributed by atoms with Crippen molar-refractivity contribution in [2.75, 3.05) is 6.61 Å². The van der Waals surface area contributed by atoms with Crippen molar-refractivity contribution in [3.63, 3.8) is 0 Å². The molecule has 4 aromatic carbocycles. The number of benzene rings is 4. The molecular formula is C32H20F13NO3. The molecule has 0 unspecified atom stereocenters. The van der Waals surface area contributed by atoms with Gasteiger partial charge in [0.05, 0.1) is 11.1 Å². The van der Waals surface area contributed by atoms with Gasteiger partial charge in [-0.1, -0.05) is 36.4 Å². The molecule has 262 valence electrons. The normalized spacial score (nSPS) is 13.6. The van der Waals surface area contributed by atoms with Crippen molar-refractivity contribution in [1.82, 2.24) is 5.32 Å². The quantitative estimate of drug-likeness (QED) is 0.158. The van der Waals surface area contributed by atoms with Crippen LogP contribution in [0, 0.1) is 17.5 Å². The lowest BCUT2D eigenvalue weighted by atomic mass is 9.77. The summed E-state index contributed by atoms with van der Waals surface area (Å²) >= 11 is 0. The van der Waals surface area contributed by atoms with Gasteiger partial charge in [0, 0.05) is 18.1 Å². The van der Waals surface area contributed by atoms with Crippen LogP contribution in [0.2, 0.25) is 0 Å². The van der Waals surface area contributed by atoms with E-state index in [1.807, 2.05) is 0 Å². The van der Waals surface area contributed by atoms with E-state index in [0.29, 0.717) is 36.4 Å². The monoisotopic (exact) mass is 713 g/mol. The highest BCUT2D eigenvalue weighted by atomic mass is 19.4. The molecule has 4 rings (SSSR count). The third kappa shape index (κ3) is 8.94. The summed E-state index contributed by atoms with van der Waals surface area (Å²) in [5.74, 6) is -8.38. The van der Waals surface area contributed by atoms with E-state index in [1.54, 1.807) is 0 Å². The van der Waals surface area contributed by atoms with Gasteiger partial charge in [0.1, 0.15) is 17.4 Å². The van der Waals surface area contributed by atoms with Crippen molar-refractivity contribution in [1.29, 1.82) is 0 Å². The first kappa shape index (κ1) is 36.9. The van der Waals surface area contributed by atoms with E-state index >= 15 is 4.39 Å². The van der Waals surface area contributed by atoms with Crippen molar-refractivity contribution in [3.8, 4) is 11.5 Å². The Balaban J connectivity index is 2.02. The fourth-order valence-electron chi connectivity index (χ4n) is 4.72. The van der Waals surface area contributed by atoms with Crippen LogP contribution in [-0.2, 0) is 18.1 Å². The van der Waals surface area contributed by atoms with Crippen molar-refractivity contribution in [3.05, 3.63) is 130 Å². The lowest BCUT2D eigenvalue weighted by Crippen LogP contribution is -2.49. The van der Waals surface area contributed by atoms with Crippen LogP contribution in [0.3, 0.4) is 0 Å². The molecule has 0 aliphatic carbocycles. The molecule has 0 fully saturated rings. The number of halogens is 13. The Morgan fingerprint density at radius 2 is 1.39 bits per heavy atom. The smallest absolute Gasteiger partial charge is 0.461 e. The third-order valence-electron chi connectivity index (χ3n) is 6.86. The fourth-order valence-corrected chi connectivity index (χ4v) is 4.72. The number of ether oxygens (including phenoxy) is 2. The number of rotatable bonds is 11. The summed E-state index contributed by atoms with van der Waals surface area (Å²) in [5, 5.41) is 2.30. The van der Waals surface area contributed by atoms with Crippen LogP contribution < -0.4 is 14.8 Å². The lowest BCUT2D eigenvalue weighted by Gasteiger charge is -2.37. The molecule has 1 N–H and O–H groups in total. The maximum Gasteiger partial charge on any atom is 0.461 e. The number of amides is 1. The van der Waals surface area contributed by atoms with Crippen LogP contribution in [0.1, 0.15) is 32.6 Å². The Bertz CT molecular complexity index is 1790. The zero-order valence-electron chi connectivity index (χ0n) is 24.2. The van der Waals surface area contributed by atoms with Gasteiger partial charge in [0.15, 0.2) is 18.2 Å². The molecule has 0 bridgehead atoms.